The Hall–Kier alpha value is -1.80. The Morgan fingerprint density at radius 3 is 2.65 bits per heavy atom. The van der Waals surface area contributed by atoms with Crippen LogP contribution >= 0.6 is 11.6 Å². The van der Waals surface area contributed by atoms with Gasteiger partial charge in [0.05, 0.1) is 0 Å². The molecule has 0 atom stereocenters. The molecule has 2 aromatic rings. The van der Waals surface area contributed by atoms with E-state index in [1.807, 2.05) is 32.0 Å². The Morgan fingerprint density at radius 1 is 1.15 bits per heavy atom. The first-order valence-electron chi connectivity index (χ1n) is 6.57. The van der Waals surface area contributed by atoms with Crippen LogP contribution in [0.25, 0.3) is 0 Å². The van der Waals surface area contributed by atoms with Crippen molar-refractivity contribution < 1.29 is 9.53 Å². The molecule has 1 aliphatic heterocycles. The molecule has 0 bridgehead atoms. The minimum absolute atomic E-state index is 0.0139. The van der Waals surface area contributed by atoms with Gasteiger partial charge in [-0.1, -0.05) is 23.7 Å². The van der Waals surface area contributed by atoms with Gasteiger partial charge in [0, 0.05) is 22.6 Å². The van der Waals surface area contributed by atoms with Crippen LogP contribution in [0.15, 0.2) is 42.5 Å². The van der Waals surface area contributed by atoms with Crippen LogP contribution in [0.2, 0.25) is 5.02 Å². The van der Waals surface area contributed by atoms with Gasteiger partial charge in [0.2, 0.25) is 0 Å². The van der Waals surface area contributed by atoms with Crippen LogP contribution < -0.4 is 4.74 Å². The first-order chi connectivity index (χ1) is 9.44. The number of rotatable bonds is 2. The van der Waals surface area contributed by atoms with Crippen LogP contribution in [0, 0.1) is 0 Å². The predicted octanol–water partition coefficient (Wildman–Crippen LogP) is 4.28. The van der Waals surface area contributed by atoms with E-state index in [0.29, 0.717) is 16.1 Å². The summed E-state index contributed by atoms with van der Waals surface area (Å²) in [5, 5.41) is 0.571. The van der Waals surface area contributed by atoms with Gasteiger partial charge in [0.1, 0.15) is 11.4 Å². The zero-order chi connectivity index (χ0) is 14.3. The second kappa shape index (κ2) is 4.64. The van der Waals surface area contributed by atoms with Crippen LogP contribution in [0.4, 0.5) is 0 Å². The highest BCUT2D eigenvalue weighted by atomic mass is 35.5. The molecular weight excluding hydrogens is 272 g/mol. The van der Waals surface area contributed by atoms with Gasteiger partial charge >= 0.3 is 0 Å². The second-order valence-electron chi connectivity index (χ2n) is 5.70. The Morgan fingerprint density at radius 2 is 1.90 bits per heavy atom. The van der Waals surface area contributed by atoms with E-state index in [0.717, 1.165) is 17.7 Å². The highest BCUT2D eigenvalue weighted by molar-refractivity contribution is 6.31. The lowest BCUT2D eigenvalue weighted by Crippen LogP contribution is -2.24. The molecule has 2 aromatic carbocycles. The minimum Gasteiger partial charge on any atom is -0.487 e. The average molecular weight is 287 g/mol. The van der Waals surface area contributed by atoms with Crippen molar-refractivity contribution in [3.05, 3.63) is 64.2 Å². The van der Waals surface area contributed by atoms with E-state index < -0.39 is 0 Å². The molecule has 2 nitrogen and oxygen atoms in total. The van der Waals surface area contributed by atoms with E-state index in [1.165, 1.54) is 0 Å². The van der Waals surface area contributed by atoms with Crippen LogP contribution in [0.5, 0.6) is 5.75 Å². The van der Waals surface area contributed by atoms with Crippen LogP contribution in [-0.2, 0) is 6.42 Å². The molecule has 0 aliphatic carbocycles. The van der Waals surface area contributed by atoms with Crippen molar-refractivity contribution in [1.82, 2.24) is 0 Å². The number of fused-ring (bicyclic) bond motifs is 1. The maximum atomic E-state index is 12.5. The molecule has 3 heteroatoms. The standard InChI is InChI=1S/C17H15ClO2/c1-17(2)10-13-8-12(6-7-15(13)20-17)16(19)11-4-3-5-14(18)9-11/h3-9H,10H2,1-2H3. The lowest BCUT2D eigenvalue weighted by atomic mass is 9.97. The number of benzene rings is 2. The lowest BCUT2D eigenvalue weighted by Gasteiger charge is -2.16. The molecule has 1 aliphatic rings. The lowest BCUT2D eigenvalue weighted by molar-refractivity contribution is 0.103. The molecule has 0 saturated carbocycles. The van der Waals surface area contributed by atoms with Gasteiger partial charge < -0.3 is 4.74 Å². The topological polar surface area (TPSA) is 26.3 Å². The molecule has 20 heavy (non-hydrogen) atoms. The van der Waals surface area contributed by atoms with Crippen molar-refractivity contribution in [1.29, 1.82) is 0 Å². The summed E-state index contributed by atoms with van der Waals surface area (Å²) < 4.78 is 5.82. The third-order valence-corrected chi connectivity index (χ3v) is 3.65. The Labute approximate surface area is 123 Å². The van der Waals surface area contributed by atoms with Gasteiger partial charge in [0.15, 0.2) is 5.78 Å². The summed E-state index contributed by atoms with van der Waals surface area (Å²) in [5.41, 5.74) is 2.17. The average Bonchev–Trinajstić information content (AvgIpc) is 2.70. The van der Waals surface area contributed by atoms with Gasteiger partial charge in [-0.15, -0.1) is 0 Å². The fourth-order valence-electron chi connectivity index (χ4n) is 2.55. The normalized spacial score (nSPS) is 15.6. The molecule has 0 spiro atoms. The summed E-state index contributed by atoms with van der Waals surface area (Å²) in [6, 6.07) is 12.6. The molecule has 0 amide bonds. The van der Waals surface area contributed by atoms with E-state index in [-0.39, 0.29) is 11.4 Å². The fraction of sp³-hybridized carbons (Fsp3) is 0.235. The van der Waals surface area contributed by atoms with Crippen LogP contribution in [0.1, 0.15) is 35.3 Å². The summed E-state index contributed by atoms with van der Waals surface area (Å²) in [6.45, 7) is 4.09. The Balaban J connectivity index is 1.95. The van der Waals surface area contributed by atoms with Gasteiger partial charge in [-0.2, -0.15) is 0 Å². The van der Waals surface area contributed by atoms with Crippen LogP contribution in [0.3, 0.4) is 0 Å². The van der Waals surface area contributed by atoms with Crippen molar-refractivity contribution in [3.63, 3.8) is 0 Å². The highest BCUT2D eigenvalue weighted by Gasteiger charge is 2.30. The van der Waals surface area contributed by atoms with E-state index >= 15 is 0 Å². The predicted molar refractivity (Wildman–Crippen MR) is 79.7 cm³/mol. The SMILES string of the molecule is CC1(C)Cc2cc(C(=O)c3cccc(Cl)c3)ccc2O1. The number of hydrogen-bond acceptors (Lipinski definition) is 2. The van der Waals surface area contributed by atoms with Gasteiger partial charge in [-0.3, -0.25) is 4.79 Å². The zero-order valence-electron chi connectivity index (χ0n) is 11.4. The quantitative estimate of drug-likeness (QED) is 0.770. The van der Waals surface area contributed by atoms with Gasteiger partial charge in [-0.25, -0.2) is 0 Å². The Kier molecular flexibility index (Phi) is 3.06. The number of ketones is 1. The largest absolute Gasteiger partial charge is 0.487 e. The zero-order valence-corrected chi connectivity index (χ0v) is 12.2. The van der Waals surface area contributed by atoms with Crippen molar-refractivity contribution >= 4 is 17.4 Å². The molecule has 0 unspecified atom stereocenters. The summed E-state index contributed by atoms with van der Waals surface area (Å²) in [4.78, 5) is 12.5. The molecule has 0 radical (unpaired) electrons. The molecule has 1 heterocycles. The Bertz CT molecular complexity index is 689. The molecular formula is C17H15ClO2. The fourth-order valence-corrected chi connectivity index (χ4v) is 2.74. The molecule has 0 N–H and O–H groups in total. The van der Waals surface area contributed by atoms with E-state index in [1.54, 1.807) is 24.3 Å². The number of carbonyl (C=O) groups is 1. The third kappa shape index (κ3) is 2.44. The molecule has 102 valence electrons. The van der Waals surface area contributed by atoms with Crippen molar-refractivity contribution in [3.8, 4) is 5.75 Å². The summed E-state index contributed by atoms with van der Waals surface area (Å²) in [5.74, 6) is 0.859. The number of hydrogen-bond donors (Lipinski definition) is 0. The van der Waals surface area contributed by atoms with Crippen LogP contribution in [-0.4, -0.2) is 11.4 Å². The van der Waals surface area contributed by atoms with Gasteiger partial charge in [-0.05, 0) is 49.7 Å². The molecule has 0 saturated heterocycles. The second-order valence-corrected chi connectivity index (χ2v) is 6.14. The molecule has 0 aromatic heterocycles. The number of carbonyl (C=O) groups excluding carboxylic acids is 1. The maximum absolute atomic E-state index is 12.5. The van der Waals surface area contributed by atoms with Gasteiger partial charge in [0.25, 0.3) is 0 Å². The van der Waals surface area contributed by atoms with Crippen molar-refractivity contribution in [2.45, 2.75) is 25.9 Å². The number of halogens is 1. The summed E-state index contributed by atoms with van der Waals surface area (Å²) in [7, 11) is 0. The minimum atomic E-state index is -0.194. The van der Waals surface area contributed by atoms with Crippen molar-refractivity contribution in [2.24, 2.45) is 0 Å². The maximum Gasteiger partial charge on any atom is 0.193 e. The van der Waals surface area contributed by atoms with E-state index in [4.69, 9.17) is 16.3 Å². The molecule has 3 rings (SSSR count). The highest BCUT2D eigenvalue weighted by Crippen LogP contribution is 2.35. The number of ether oxygens (including phenoxy) is 1. The smallest absolute Gasteiger partial charge is 0.193 e. The van der Waals surface area contributed by atoms with E-state index in [9.17, 15) is 4.79 Å². The van der Waals surface area contributed by atoms with E-state index in [2.05, 4.69) is 0 Å². The summed E-state index contributed by atoms with van der Waals surface area (Å²) >= 11 is 5.94. The monoisotopic (exact) mass is 286 g/mol. The first-order valence-corrected chi connectivity index (χ1v) is 6.95. The first kappa shape index (κ1) is 13.2. The summed E-state index contributed by atoms with van der Waals surface area (Å²) in [6.07, 6.45) is 0.818. The third-order valence-electron chi connectivity index (χ3n) is 3.41. The molecule has 0 fully saturated rings. The van der Waals surface area contributed by atoms with Crippen molar-refractivity contribution in [2.75, 3.05) is 0 Å².